The molecule has 2 aliphatic heterocycles. The Morgan fingerprint density at radius 3 is 2.50 bits per heavy atom. The van der Waals surface area contributed by atoms with Crippen LogP contribution in [0.25, 0.3) is 21.7 Å². The van der Waals surface area contributed by atoms with Gasteiger partial charge in [-0.05, 0) is 68.9 Å². The lowest BCUT2D eigenvalue weighted by Crippen LogP contribution is -2.58. The number of phenolic OH excluding ortho intramolecular Hbond substituents is 1. The summed E-state index contributed by atoms with van der Waals surface area (Å²) in [5.41, 5.74) is 2.91. The maximum atomic E-state index is 10.7. The Morgan fingerprint density at radius 1 is 1.09 bits per heavy atom. The Labute approximate surface area is 192 Å². The Hall–Kier alpha value is -2.71. The number of fused-ring (bicyclic) bond motifs is 2. The number of hydrogen-bond donors (Lipinski definition) is 2. The molecule has 4 heterocycles. The lowest BCUT2D eigenvalue weighted by molar-refractivity contribution is 0.208. The van der Waals surface area contributed by atoms with Gasteiger partial charge in [0.25, 0.3) is 0 Å². The van der Waals surface area contributed by atoms with Gasteiger partial charge in [0.1, 0.15) is 5.75 Å². The van der Waals surface area contributed by atoms with Crippen LogP contribution < -0.4 is 15.0 Å². The fourth-order valence-corrected chi connectivity index (χ4v) is 6.23. The number of rotatable bonds is 5. The average molecular weight is 452 g/mol. The van der Waals surface area contributed by atoms with Crippen molar-refractivity contribution in [1.82, 2.24) is 20.5 Å². The van der Waals surface area contributed by atoms with Crippen molar-refractivity contribution in [3.8, 4) is 33.3 Å². The van der Waals surface area contributed by atoms with Crippen molar-refractivity contribution >= 4 is 16.5 Å². The number of benzene rings is 1. The van der Waals surface area contributed by atoms with E-state index < -0.39 is 0 Å². The van der Waals surface area contributed by atoms with Crippen molar-refractivity contribution in [2.24, 2.45) is 0 Å². The van der Waals surface area contributed by atoms with Gasteiger partial charge in [-0.25, -0.2) is 4.98 Å². The summed E-state index contributed by atoms with van der Waals surface area (Å²) in [7, 11) is 3.71. The molecule has 2 bridgehead atoms. The molecule has 5 rings (SSSR count). The molecule has 0 saturated carbocycles. The monoisotopic (exact) mass is 451 g/mol. The Morgan fingerprint density at radius 2 is 1.81 bits per heavy atom. The zero-order chi connectivity index (χ0) is 22.5. The number of phenols is 1. The topological polar surface area (TPSA) is 83.4 Å². The highest BCUT2D eigenvalue weighted by atomic mass is 32.1. The van der Waals surface area contributed by atoms with Crippen molar-refractivity contribution in [2.45, 2.75) is 56.7 Å². The molecule has 7 nitrogen and oxygen atoms in total. The smallest absolute Gasteiger partial charge is 0.213 e. The van der Waals surface area contributed by atoms with E-state index in [2.05, 4.69) is 46.3 Å². The van der Waals surface area contributed by atoms with E-state index in [0.717, 1.165) is 34.1 Å². The average Bonchev–Trinajstić information content (AvgIpc) is 3.34. The number of aromatic nitrogens is 3. The molecule has 3 atom stereocenters. The van der Waals surface area contributed by atoms with Crippen molar-refractivity contribution in [3.05, 3.63) is 36.5 Å². The highest BCUT2D eigenvalue weighted by Gasteiger charge is 2.49. The van der Waals surface area contributed by atoms with Gasteiger partial charge >= 0.3 is 0 Å². The summed E-state index contributed by atoms with van der Waals surface area (Å²) < 4.78 is 5.21. The molecule has 0 amide bonds. The number of methoxy groups -OCH3 is 1. The number of piperidine rings is 1. The highest BCUT2D eigenvalue weighted by molar-refractivity contribution is 7.18. The number of nitrogens with zero attached hydrogens (tertiary/aromatic N) is 4. The lowest BCUT2D eigenvalue weighted by atomic mass is 9.84. The second kappa shape index (κ2) is 7.71. The third-order valence-electron chi connectivity index (χ3n) is 6.97. The summed E-state index contributed by atoms with van der Waals surface area (Å²) in [5, 5.41) is 25.1. The van der Waals surface area contributed by atoms with Crippen LogP contribution in [0.5, 0.6) is 11.6 Å². The zero-order valence-corrected chi connectivity index (χ0v) is 19.7. The minimum Gasteiger partial charge on any atom is -0.507 e. The van der Waals surface area contributed by atoms with E-state index in [-0.39, 0.29) is 16.8 Å². The molecule has 1 aromatic carbocycles. The summed E-state index contributed by atoms with van der Waals surface area (Å²) in [6.45, 7) is 4.67. The summed E-state index contributed by atoms with van der Waals surface area (Å²) >= 11 is 1.52. The molecule has 0 spiro atoms. The van der Waals surface area contributed by atoms with E-state index in [4.69, 9.17) is 4.74 Å². The minimum absolute atomic E-state index is 0.184. The molecule has 168 valence electrons. The molecule has 3 aromatic rings. The Bertz CT molecular complexity index is 1130. The molecule has 8 heteroatoms. The van der Waals surface area contributed by atoms with Gasteiger partial charge in [-0.3, -0.25) is 0 Å². The molecular weight excluding hydrogens is 422 g/mol. The largest absolute Gasteiger partial charge is 0.507 e. The van der Waals surface area contributed by atoms with Crippen LogP contribution >= 0.6 is 11.3 Å². The Kier molecular flexibility index (Phi) is 5.09. The van der Waals surface area contributed by atoms with E-state index in [1.165, 1.54) is 24.2 Å². The molecule has 2 N–H and O–H groups in total. The van der Waals surface area contributed by atoms with Crippen LogP contribution in [0.1, 0.15) is 39.5 Å². The van der Waals surface area contributed by atoms with Crippen LogP contribution in [-0.2, 0) is 0 Å². The summed E-state index contributed by atoms with van der Waals surface area (Å²) in [4.78, 5) is 6.42. The molecule has 2 saturated heterocycles. The lowest BCUT2D eigenvalue weighted by Gasteiger charge is -2.45. The number of hydrogen-bond acceptors (Lipinski definition) is 8. The van der Waals surface area contributed by atoms with Crippen molar-refractivity contribution in [1.29, 1.82) is 0 Å². The minimum atomic E-state index is 0.184. The van der Waals surface area contributed by atoms with E-state index in [9.17, 15) is 5.11 Å². The predicted molar refractivity (Wildman–Crippen MR) is 127 cm³/mol. The van der Waals surface area contributed by atoms with E-state index >= 15 is 0 Å². The van der Waals surface area contributed by atoms with Gasteiger partial charge in [0.05, 0.1) is 12.7 Å². The first-order valence-corrected chi connectivity index (χ1v) is 11.8. The molecule has 2 aromatic heterocycles. The summed E-state index contributed by atoms with van der Waals surface area (Å²) in [6, 6.07) is 9.78. The first-order chi connectivity index (χ1) is 15.3. The van der Waals surface area contributed by atoms with Crippen molar-refractivity contribution < 1.29 is 9.84 Å². The van der Waals surface area contributed by atoms with Crippen LogP contribution in [0, 0.1) is 0 Å². The number of pyridine rings is 1. The van der Waals surface area contributed by atoms with Gasteiger partial charge < -0.3 is 20.1 Å². The molecule has 0 unspecified atom stereocenters. The van der Waals surface area contributed by atoms with E-state index in [1.54, 1.807) is 19.4 Å². The van der Waals surface area contributed by atoms with Crippen LogP contribution in [-0.4, -0.2) is 51.6 Å². The maximum Gasteiger partial charge on any atom is 0.213 e. The third-order valence-corrected chi connectivity index (χ3v) is 8.02. The van der Waals surface area contributed by atoms with Gasteiger partial charge in [0, 0.05) is 36.4 Å². The molecule has 0 aliphatic carbocycles. The van der Waals surface area contributed by atoms with Gasteiger partial charge in [0.15, 0.2) is 5.01 Å². The third kappa shape index (κ3) is 3.82. The number of nitrogens with one attached hydrogen (secondary N) is 1. The SMILES string of the molecule is COc1cc(-c2ccc(-c3nnc(N(C)[C@H]4C[C@]5(C)CC[C@](C)(C4)N5)s3)c(O)c2)ccn1. The van der Waals surface area contributed by atoms with E-state index in [1.807, 2.05) is 24.3 Å². The fraction of sp³-hybridized carbons (Fsp3) is 0.458. The highest BCUT2D eigenvalue weighted by Crippen LogP contribution is 2.45. The summed E-state index contributed by atoms with van der Waals surface area (Å²) in [6.07, 6.45) is 6.34. The second-order valence-corrected chi connectivity index (χ2v) is 10.6. The number of aromatic hydroxyl groups is 1. The molecule has 2 fully saturated rings. The van der Waals surface area contributed by atoms with Gasteiger partial charge in [0.2, 0.25) is 11.0 Å². The quantitative estimate of drug-likeness (QED) is 0.592. The van der Waals surface area contributed by atoms with Crippen LogP contribution in [0.4, 0.5) is 5.13 Å². The predicted octanol–water partition coefficient (Wildman–Crippen LogP) is 4.48. The first-order valence-electron chi connectivity index (χ1n) is 11.0. The number of anilines is 1. The first kappa shape index (κ1) is 21.2. The van der Waals surface area contributed by atoms with Crippen molar-refractivity contribution in [3.63, 3.8) is 0 Å². The molecular formula is C24H29N5O2S. The molecule has 0 radical (unpaired) electrons. The van der Waals surface area contributed by atoms with Crippen LogP contribution in [0.15, 0.2) is 36.5 Å². The van der Waals surface area contributed by atoms with Gasteiger partial charge in [-0.2, -0.15) is 0 Å². The molecule has 32 heavy (non-hydrogen) atoms. The second-order valence-electron chi connectivity index (χ2n) is 9.63. The fourth-order valence-electron chi connectivity index (χ4n) is 5.31. The summed E-state index contributed by atoms with van der Waals surface area (Å²) in [5.74, 6) is 0.723. The molecule has 2 aliphatic rings. The van der Waals surface area contributed by atoms with Gasteiger partial charge in [-0.15, -0.1) is 10.2 Å². The Balaban J connectivity index is 1.37. The van der Waals surface area contributed by atoms with Crippen LogP contribution in [0.2, 0.25) is 0 Å². The van der Waals surface area contributed by atoms with Crippen molar-refractivity contribution in [2.75, 3.05) is 19.1 Å². The standard InChI is InChI=1S/C24H29N5O2S/c1-23-8-9-24(2,28-23)14-17(13-23)29(3)22-27-26-21(32-22)18-6-5-15(11-19(18)30)16-7-10-25-20(12-16)31-4/h5-7,10-12,17,28,30H,8-9,13-14H2,1-4H3/t17-,23-,24+. The normalized spacial score (nSPS) is 26.8. The van der Waals surface area contributed by atoms with Gasteiger partial charge in [-0.1, -0.05) is 17.4 Å². The number of ether oxygens (including phenoxy) is 1. The van der Waals surface area contributed by atoms with Crippen LogP contribution in [0.3, 0.4) is 0 Å². The van der Waals surface area contributed by atoms with E-state index in [0.29, 0.717) is 17.5 Å². The zero-order valence-electron chi connectivity index (χ0n) is 18.9. The maximum absolute atomic E-state index is 10.7.